The number of amides is 1. The number of carbonyl (C=O) groups excluding carboxylic acids is 1. The number of anilines is 1. The number of para-hydroxylation sites is 1. The molecule has 0 aliphatic heterocycles. The topological polar surface area (TPSA) is 76.6 Å². The first-order valence-electron chi connectivity index (χ1n) is 11.5. The van der Waals surface area contributed by atoms with Crippen LogP contribution in [0.1, 0.15) is 31.9 Å². The molecule has 1 aromatic heterocycles. The van der Waals surface area contributed by atoms with E-state index in [1.54, 1.807) is 43.0 Å². The lowest BCUT2D eigenvalue weighted by Crippen LogP contribution is -2.31. The molecule has 0 atom stereocenters. The van der Waals surface area contributed by atoms with Gasteiger partial charge in [0.25, 0.3) is 0 Å². The van der Waals surface area contributed by atoms with Gasteiger partial charge in [0.1, 0.15) is 11.3 Å². The highest BCUT2D eigenvalue weighted by atomic mass is 32.2. The van der Waals surface area contributed by atoms with Crippen molar-refractivity contribution in [2.45, 2.75) is 43.9 Å². The van der Waals surface area contributed by atoms with Crippen molar-refractivity contribution >= 4 is 42.4 Å². The largest absolute Gasteiger partial charge is 0.492 e. The lowest BCUT2D eigenvalue weighted by atomic mass is 10.1. The van der Waals surface area contributed by atoms with Crippen molar-refractivity contribution in [1.82, 2.24) is 4.98 Å². The van der Waals surface area contributed by atoms with Crippen molar-refractivity contribution in [3.63, 3.8) is 0 Å². The van der Waals surface area contributed by atoms with Gasteiger partial charge in [-0.05, 0) is 56.2 Å². The summed E-state index contributed by atoms with van der Waals surface area (Å²) in [4.78, 5) is 20.3. The first kappa shape index (κ1) is 24.9. The zero-order valence-electron chi connectivity index (χ0n) is 20.0. The van der Waals surface area contributed by atoms with Crippen LogP contribution < -0.4 is 9.64 Å². The molecule has 0 saturated heterocycles. The molecule has 0 fully saturated rings. The molecule has 182 valence electrons. The van der Waals surface area contributed by atoms with Gasteiger partial charge in [-0.2, -0.15) is 0 Å². The molecule has 4 rings (SSSR count). The third kappa shape index (κ3) is 5.55. The Morgan fingerprint density at radius 1 is 0.971 bits per heavy atom. The number of hydrogen-bond acceptors (Lipinski definition) is 6. The van der Waals surface area contributed by atoms with E-state index in [-0.39, 0.29) is 17.2 Å². The number of thiazole rings is 1. The SMILES string of the molecule is CCOc1cccc2sc(N(Cc3ccccc3)C(=O)Cc3ccc(S(=O)(=O)C(C)C)cc3)nc12. The second-order valence-corrected chi connectivity index (χ2v) is 11.9. The van der Waals surface area contributed by atoms with Gasteiger partial charge >= 0.3 is 0 Å². The number of fused-ring (bicyclic) bond motifs is 1. The Bertz CT molecular complexity index is 1410. The van der Waals surface area contributed by atoms with E-state index in [4.69, 9.17) is 9.72 Å². The minimum Gasteiger partial charge on any atom is -0.492 e. The molecule has 4 aromatic rings. The zero-order valence-corrected chi connectivity index (χ0v) is 21.6. The fourth-order valence-corrected chi connectivity index (χ4v) is 5.73. The van der Waals surface area contributed by atoms with Crippen LogP contribution in [0, 0.1) is 0 Å². The van der Waals surface area contributed by atoms with Gasteiger partial charge < -0.3 is 4.74 Å². The molecule has 0 bridgehead atoms. The highest BCUT2D eigenvalue weighted by molar-refractivity contribution is 7.92. The zero-order chi connectivity index (χ0) is 25.0. The molecule has 1 amide bonds. The predicted molar refractivity (Wildman–Crippen MR) is 141 cm³/mol. The molecule has 0 saturated carbocycles. The van der Waals surface area contributed by atoms with Gasteiger partial charge in [0, 0.05) is 0 Å². The molecule has 3 aromatic carbocycles. The molecule has 0 aliphatic rings. The quantitative estimate of drug-likeness (QED) is 0.292. The molecule has 0 radical (unpaired) electrons. The summed E-state index contributed by atoms with van der Waals surface area (Å²) >= 11 is 1.45. The molecule has 0 aliphatic carbocycles. The lowest BCUT2D eigenvalue weighted by Gasteiger charge is -2.20. The molecule has 1 heterocycles. The summed E-state index contributed by atoms with van der Waals surface area (Å²) in [5.74, 6) is 0.576. The molecule has 8 heteroatoms. The van der Waals surface area contributed by atoms with E-state index in [0.717, 1.165) is 21.3 Å². The Kier molecular flexibility index (Phi) is 7.52. The second kappa shape index (κ2) is 10.6. The van der Waals surface area contributed by atoms with Gasteiger partial charge in [-0.3, -0.25) is 9.69 Å². The number of ether oxygens (including phenoxy) is 1. The Balaban J connectivity index is 1.65. The number of carbonyl (C=O) groups is 1. The fourth-order valence-electron chi connectivity index (χ4n) is 3.67. The maximum Gasteiger partial charge on any atom is 0.233 e. The van der Waals surface area contributed by atoms with E-state index in [9.17, 15) is 13.2 Å². The lowest BCUT2D eigenvalue weighted by molar-refractivity contribution is -0.118. The average molecular weight is 509 g/mol. The first-order chi connectivity index (χ1) is 16.8. The standard InChI is InChI=1S/C27H28N2O4S2/c1-4-33-23-11-8-12-24-26(23)28-27(34-24)29(18-21-9-6-5-7-10-21)25(30)17-20-13-15-22(16-14-20)35(31,32)19(2)3/h5-16,19H,4,17-18H2,1-3H3. The van der Waals surface area contributed by atoms with Crippen molar-refractivity contribution in [2.24, 2.45) is 0 Å². The summed E-state index contributed by atoms with van der Waals surface area (Å²) in [6, 6.07) is 22.1. The normalized spacial score (nSPS) is 11.7. The number of rotatable bonds is 9. The fraction of sp³-hybridized carbons (Fsp3) is 0.259. The Morgan fingerprint density at radius 2 is 1.69 bits per heavy atom. The maximum atomic E-state index is 13.5. The van der Waals surface area contributed by atoms with E-state index >= 15 is 0 Å². The predicted octanol–water partition coefficient (Wildman–Crippen LogP) is 5.65. The monoisotopic (exact) mass is 508 g/mol. The van der Waals surface area contributed by atoms with Crippen molar-refractivity contribution in [3.8, 4) is 5.75 Å². The summed E-state index contributed by atoms with van der Waals surface area (Å²) in [7, 11) is -3.36. The molecule has 35 heavy (non-hydrogen) atoms. The van der Waals surface area contributed by atoms with Gasteiger partial charge in [-0.1, -0.05) is 59.9 Å². The number of sulfone groups is 1. The third-order valence-electron chi connectivity index (χ3n) is 5.61. The summed E-state index contributed by atoms with van der Waals surface area (Å²) in [5.41, 5.74) is 2.47. The highest BCUT2D eigenvalue weighted by Crippen LogP contribution is 2.35. The van der Waals surface area contributed by atoms with Crippen LogP contribution in [0.4, 0.5) is 5.13 Å². The Labute approximate surface area is 210 Å². The molecule has 6 nitrogen and oxygen atoms in total. The van der Waals surface area contributed by atoms with Crippen LogP contribution in [-0.4, -0.2) is 31.2 Å². The van der Waals surface area contributed by atoms with Crippen LogP contribution in [0.2, 0.25) is 0 Å². The van der Waals surface area contributed by atoms with E-state index in [2.05, 4.69) is 0 Å². The van der Waals surface area contributed by atoms with Gasteiger partial charge in [0.15, 0.2) is 15.0 Å². The van der Waals surface area contributed by atoms with Crippen molar-refractivity contribution in [3.05, 3.63) is 83.9 Å². The number of nitrogens with zero attached hydrogens (tertiary/aromatic N) is 2. The smallest absolute Gasteiger partial charge is 0.233 e. The van der Waals surface area contributed by atoms with Crippen LogP contribution in [0.25, 0.3) is 10.2 Å². The van der Waals surface area contributed by atoms with E-state index in [1.165, 1.54) is 11.3 Å². The van der Waals surface area contributed by atoms with Gasteiger partial charge in [-0.25, -0.2) is 13.4 Å². The molecular weight excluding hydrogens is 480 g/mol. The minimum atomic E-state index is -3.36. The van der Waals surface area contributed by atoms with Crippen molar-refractivity contribution in [1.29, 1.82) is 0 Å². The number of aromatic nitrogens is 1. The number of hydrogen-bond donors (Lipinski definition) is 0. The summed E-state index contributed by atoms with van der Waals surface area (Å²) in [6.07, 6.45) is 0.128. The van der Waals surface area contributed by atoms with Gasteiger partial charge in [0.05, 0.1) is 34.4 Å². The first-order valence-corrected chi connectivity index (χ1v) is 13.9. The van der Waals surface area contributed by atoms with Gasteiger partial charge in [0.2, 0.25) is 5.91 Å². The van der Waals surface area contributed by atoms with Crippen LogP contribution in [0.15, 0.2) is 77.7 Å². The van der Waals surface area contributed by atoms with Crippen LogP contribution >= 0.6 is 11.3 Å². The van der Waals surface area contributed by atoms with E-state index < -0.39 is 15.1 Å². The van der Waals surface area contributed by atoms with Crippen LogP contribution in [0.3, 0.4) is 0 Å². The highest BCUT2D eigenvalue weighted by Gasteiger charge is 2.23. The molecular formula is C27H28N2O4S2. The molecule has 0 N–H and O–H groups in total. The second-order valence-electron chi connectivity index (χ2n) is 8.41. The summed E-state index contributed by atoms with van der Waals surface area (Å²) in [6.45, 7) is 6.14. The number of benzene rings is 3. The van der Waals surface area contributed by atoms with Crippen molar-refractivity contribution in [2.75, 3.05) is 11.5 Å². The Hall–Kier alpha value is -3.23. The van der Waals surface area contributed by atoms with Gasteiger partial charge in [-0.15, -0.1) is 0 Å². The molecule has 0 unspecified atom stereocenters. The molecule has 0 spiro atoms. The average Bonchev–Trinajstić information content (AvgIpc) is 3.28. The Morgan fingerprint density at radius 3 is 2.34 bits per heavy atom. The minimum absolute atomic E-state index is 0.120. The third-order valence-corrected chi connectivity index (χ3v) is 8.83. The van der Waals surface area contributed by atoms with Crippen LogP contribution in [-0.2, 0) is 27.6 Å². The maximum absolute atomic E-state index is 13.5. The van der Waals surface area contributed by atoms with Crippen LogP contribution in [0.5, 0.6) is 5.75 Å². The summed E-state index contributed by atoms with van der Waals surface area (Å²) < 4.78 is 31.5. The summed E-state index contributed by atoms with van der Waals surface area (Å²) in [5, 5.41) is 0.0944. The van der Waals surface area contributed by atoms with E-state index in [1.807, 2.05) is 55.5 Å². The van der Waals surface area contributed by atoms with Crippen molar-refractivity contribution < 1.29 is 17.9 Å². The van der Waals surface area contributed by atoms with E-state index in [0.29, 0.717) is 24.0 Å².